The van der Waals surface area contributed by atoms with E-state index in [1.54, 1.807) is 24.6 Å². The number of hydrogen-bond acceptors (Lipinski definition) is 5. The lowest BCUT2D eigenvalue weighted by atomic mass is 10.1. The average molecular weight is 352 g/mol. The molecule has 0 radical (unpaired) electrons. The Bertz CT molecular complexity index is 752. The van der Waals surface area contributed by atoms with Gasteiger partial charge in [-0.2, -0.15) is 0 Å². The third kappa shape index (κ3) is 3.61. The number of methoxy groups -OCH3 is 1. The molecule has 0 unspecified atom stereocenters. The van der Waals surface area contributed by atoms with Crippen LogP contribution in [0.15, 0.2) is 39.9 Å². The Hall–Kier alpha value is -1.73. The minimum atomic E-state index is -3.58. The maximum Gasteiger partial charge on any atom is 0.271 e. The van der Waals surface area contributed by atoms with Gasteiger partial charge in [-0.05, 0) is 48.9 Å². The number of nitrogens with zero attached hydrogens (tertiary/aromatic N) is 1. The number of benzene rings is 1. The number of piperidine rings is 1. The van der Waals surface area contributed by atoms with E-state index in [-0.39, 0.29) is 0 Å². The van der Waals surface area contributed by atoms with Gasteiger partial charge in [0.2, 0.25) is 0 Å². The van der Waals surface area contributed by atoms with Crippen LogP contribution in [0.1, 0.15) is 19.3 Å². The van der Waals surface area contributed by atoms with Gasteiger partial charge in [-0.1, -0.05) is 6.07 Å². The third-order valence-corrected chi connectivity index (χ3v) is 6.67. The Labute approximate surface area is 140 Å². The molecule has 0 bridgehead atoms. The Balaban J connectivity index is 1.90. The molecule has 3 rings (SSSR count). The molecule has 2 aromatic rings. The van der Waals surface area contributed by atoms with Crippen LogP contribution in [0, 0.1) is 0 Å². The second-order valence-corrected chi connectivity index (χ2v) is 8.33. The molecule has 7 heteroatoms. The molecule has 1 aliphatic heterocycles. The maximum absolute atomic E-state index is 12.4. The molecule has 0 amide bonds. The first-order valence-electron chi connectivity index (χ1n) is 7.59. The Kier molecular flexibility index (Phi) is 4.77. The lowest BCUT2D eigenvalue weighted by molar-refractivity contribution is 0.417. The highest BCUT2D eigenvalue weighted by Gasteiger charge is 2.19. The fourth-order valence-electron chi connectivity index (χ4n) is 2.74. The van der Waals surface area contributed by atoms with E-state index < -0.39 is 10.0 Å². The molecular weight excluding hydrogens is 332 g/mol. The summed E-state index contributed by atoms with van der Waals surface area (Å²) in [6.07, 6.45) is 3.59. The smallest absolute Gasteiger partial charge is 0.271 e. The van der Waals surface area contributed by atoms with E-state index >= 15 is 0 Å². The van der Waals surface area contributed by atoms with E-state index in [1.165, 1.54) is 30.6 Å². The summed E-state index contributed by atoms with van der Waals surface area (Å²) in [7, 11) is -2.04. The molecular formula is C16H20N2O3S2. The van der Waals surface area contributed by atoms with Crippen LogP contribution in [-0.4, -0.2) is 28.6 Å². The number of anilines is 2. The first kappa shape index (κ1) is 16.1. The van der Waals surface area contributed by atoms with Crippen LogP contribution in [-0.2, 0) is 10.0 Å². The second-order valence-electron chi connectivity index (χ2n) is 5.47. The van der Waals surface area contributed by atoms with Crippen molar-refractivity contribution in [2.45, 2.75) is 23.5 Å². The summed E-state index contributed by atoms with van der Waals surface area (Å²) in [4.78, 5) is 2.28. The van der Waals surface area contributed by atoms with Crippen molar-refractivity contribution in [3.63, 3.8) is 0 Å². The maximum atomic E-state index is 12.4. The molecule has 23 heavy (non-hydrogen) atoms. The molecule has 0 saturated carbocycles. The summed E-state index contributed by atoms with van der Waals surface area (Å²) < 4.78 is 33.2. The number of nitrogens with one attached hydrogen (secondary N) is 1. The standard InChI is InChI=1S/C16H20N2O3S2/c1-21-15-8-7-13(18-9-3-2-4-10-18)12-14(15)17-23(19,20)16-6-5-11-22-16/h5-8,11-12,17H,2-4,9-10H2,1H3. The van der Waals surface area contributed by atoms with Gasteiger partial charge in [-0.25, -0.2) is 8.42 Å². The van der Waals surface area contributed by atoms with Gasteiger partial charge in [0.25, 0.3) is 10.0 Å². The predicted octanol–water partition coefficient (Wildman–Crippen LogP) is 3.55. The van der Waals surface area contributed by atoms with Crippen molar-refractivity contribution in [2.24, 2.45) is 0 Å². The fraction of sp³-hybridized carbons (Fsp3) is 0.375. The highest BCUT2D eigenvalue weighted by molar-refractivity contribution is 7.94. The van der Waals surface area contributed by atoms with Crippen molar-refractivity contribution >= 4 is 32.7 Å². The fourth-order valence-corrected chi connectivity index (χ4v) is 4.79. The topological polar surface area (TPSA) is 58.6 Å². The highest BCUT2D eigenvalue weighted by Crippen LogP contribution is 2.33. The first-order valence-corrected chi connectivity index (χ1v) is 9.96. The lowest BCUT2D eigenvalue weighted by Gasteiger charge is -2.29. The van der Waals surface area contributed by atoms with Crippen molar-refractivity contribution in [1.29, 1.82) is 0 Å². The molecule has 0 atom stereocenters. The van der Waals surface area contributed by atoms with Gasteiger partial charge in [0, 0.05) is 18.8 Å². The SMILES string of the molecule is COc1ccc(N2CCCCC2)cc1NS(=O)(=O)c1cccs1. The lowest BCUT2D eigenvalue weighted by Crippen LogP contribution is -2.29. The first-order chi connectivity index (χ1) is 11.1. The summed E-state index contributed by atoms with van der Waals surface area (Å²) >= 11 is 1.19. The largest absolute Gasteiger partial charge is 0.495 e. The molecule has 1 saturated heterocycles. The summed E-state index contributed by atoms with van der Waals surface area (Å²) in [5, 5.41) is 1.75. The Morgan fingerprint density at radius 2 is 1.96 bits per heavy atom. The molecule has 1 aromatic heterocycles. The minimum Gasteiger partial charge on any atom is -0.495 e. The van der Waals surface area contributed by atoms with E-state index in [1.807, 2.05) is 18.2 Å². The summed E-state index contributed by atoms with van der Waals surface area (Å²) in [6.45, 7) is 2.01. The molecule has 2 heterocycles. The zero-order valence-corrected chi connectivity index (χ0v) is 14.6. The Morgan fingerprint density at radius 3 is 2.61 bits per heavy atom. The minimum absolute atomic E-state index is 0.294. The van der Waals surface area contributed by atoms with E-state index in [0.717, 1.165) is 18.8 Å². The summed E-state index contributed by atoms with van der Waals surface area (Å²) in [6, 6.07) is 8.97. The Morgan fingerprint density at radius 1 is 1.17 bits per heavy atom. The monoisotopic (exact) mass is 352 g/mol. The van der Waals surface area contributed by atoms with Crippen molar-refractivity contribution < 1.29 is 13.2 Å². The molecule has 0 aliphatic carbocycles. The van der Waals surface area contributed by atoms with Gasteiger partial charge in [0.1, 0.15) is 9.96 Å². The van der Waals surface area contributed by atoms with E-state index in [9.17, 15) is 8.42 Å². The van der Waals surface area contributed by atoms with Crippen molar-refractivity contribution in [3.05, 3.63) is 35.7 Å². The molecule has 1 fully saturated rings. The van der Waals surface area contributed by atoms with Crippen LogP contribution < -0.4 is 14.4 Å². The van der Waals surface area contributed by atoms with Gasteiger partial charge < -0.3 is 9.64 Å². The number of rotatable bonds is 5. The van der Waals surface area contributed by atoms with Crippen LogP contribution in [0.3, 0.4) is 0 Å². The number of sulfonamides is 1. The van der Waals surface area contributed by atoms with Crippen molar-refractivity contribution in [2.75, 3.05) is 29.8 Å². The van der Waals surface area contributed by atoms with E-state index in [4.69, 9.17) is 4.74 Å². The molecule has 124 valence electrons. The van der Waals surface area contributed by atoms with Crippen LogP contribution in [0.5, 0.6) is 5.75 Å². The molecule has 1 N–H and O–H groups in total. The van der Waals surface area contributed by atoms with E-state index in [2.05, 4.69) is 9.62 Å². The van der Waals surface area contributed by atoms with Gasteiger partial charge >= 0.3 is 0 Å². The van der Waals surface area contributed by atoms with Gasteiger partial charge in [-0.15, -0.1) is 11.3 Å². The quantitative estimate of drug-likeness (QED) is 0.894. The van der Waals surface area contributed by atoms with Crippen LogP contribution in [0.25, 0.3) is 0 Å². The molecule has 1 aromatic carbocycles. The van der Waals surface area contributed by atoms with Crippen LogP contribution in [0.4, 0.5) is 11.4 Å². The molecule has 1 aliphatic rings. The van der Waals surface area contributed by atoms with E-state index in [0.29, 0.717) is 15.6 Å². The van der Waals surface area contributed by atoms with Gasteiger partial charge in [0.15, 0.2) is 0 Å². The predicted molar refractivity (Wildman–Crippen MR) is 94.2 cm³/mol. The number of hydrogen-bond donors (Lipinski definition) is 1. The number of ether oxygens (including phenoxy) is 1. The molecule has 0 spiro atoms. The van der Waals surface area contributed by atoms with Crippen molar-refractivity contribution in [3.8, 4) is 5.75 Å². The molecule has 5 nitrogen and oxygen atoms in total. The zero-order valence-electron chi connectivity index (χ0n) is 13.0. The van der Waals surface area contributed by atoms with Crippen LogP contribution >= 0.6 is 11.3 Å². The third-order valence-electron chi connectivity index (χ3n) is 3.91. The van der Waals surface area contributed by atoms with Gasteiger partial charge in [0.05, 0.1) is 12.8 Å². The summed E-state index contributed by atoms with van der Waals surface area (Å²) in [5.74, 6) is 0.519. The number of thiophene rings is 1. The highest BCUT2D eigenvalue weighted by atomic mass is 32.2. The average Bonchev–Trinajstić information content (AvgIpc) is 3.11. The van der Waals surface area contributed by atoms with Gasteiger partial charge in [-0.3, -0.25) is 4.72 Å². The van der Waals surface area contributed by atoms with Crippen molar-refractivity contribution in [1.82, 2.24) is 0 Å². The normalized spacial score (nSPS) is 15.4. The van der Waals surface area contributed by atoms with Crippen LogP contribution in [0.2, 0.25) is 0 Å². The summed E-state index contributed by atoms with van der Waals surface area (Å²) in [5.41, 5.74) is 1.50. The zero-order chi connectivity index (χ0) is 16.3. The second kappa shape index (κ2) is 6.80.